The zero-order valence-electron chi connectivity index (χ0n) is 15.2. The summed E-state index contributed by atoms with van der Waals surface area (Å²) in [6.07, 6.45) is 3.79. The zero-order chi connectivity index (χ0) is 17.3. The molecule has 1 saturated heterocycles. The van der Waals surface area contributed by atoms with Crippen molar-refractivity contribution in [2.24, 2.45) is 0 Å². The van der Waals surface area contributed by atoms with Crippen molar-refractivity contribution in [1.29, 1.82) is 0 Å². The van der Waals surface area contributed by atoms with Crippen molar-refractivity contribution in [2.45, 2.75) is 44.3 Å². The fraction of sp³-hybridized carbons (Fsp3) is 0.632. The van der Waals surface area contributed by atoms with E-state index in [2.05, 4.69) is 4.90 Å². The van der Waals surface area contributed by atoms with Gasteiger partial charge in [0.2, 0.25) is 5.91 Å². The molecule has 24 heavy (non-hydrogen) atoms. The van der Waals surface area contributed by atoms with Crippen LogP contribution in [0.15, 0.2) is 18.2 Å². The largest absolute Gasteiger partial charge is 0.465 e. The first-order chi connectivity index (χ1) is 11.4. The van der Waals surface area contributed by atoms with Gasteiger partial charge in [0.25, 0.3) is 0 Å². The van der Waals surface area contributed by atoms with Crippen molar-refractivity contribution in [2.75, 3.05) is 39.2 Å². The van der Waals surface area contributed by atoms with Gasteiger partial charge in [0.15, 0.2) is 6.29 Å². The summed E-state index contributed by atoms with van der Waals surface area (Å²) < 4.78 is 11.7. The van der Waals surface area contributed by atoms with Gasteiger partial charge in [0.1, 0.15) is 5.75 Å². The van der Waals surface area contributed by atoms with Gasteiger partial charge in [0.05, 0.1) is 12.0 Å². The molecular formula is C19H28N2O3. The van der Waals surface area contributed by atoms with Crippen LogP contribution < -0.4 is 9.64 Å². The highest BCUT2D eigenvalue weighted by Gasteiger charge is 2.45. The number of carbonyl (C=O) groups is 1. The number of hydrogen-bond acceptors (Lipinski definition) is 4. The molecule has 0 saturated carbocycles. The molecule has 2 atom stereocenters. The topological polar surface area (TPSA) is 42.0 Å². The maximum absolute atomic E-state index is 12.8. The Kier molecular flexibility index (Phi) is 4.83. The molecular weight excluding hydrogens is 304 g/mol. The van der Waals surface area contributed by atoms with Crippen LogP contribution in [0.2, 0.25) is 0 Å². The lowest BCUT2D eigenvalue weighted by molar-refractivity contribution is -0.122. The molecule has 2 aliphatic heterocycles. The van der Waals surface area contributed by atoms with E-state index in [1.54, 1.807) is 4.90 Å². The molecule has 5 nitrogen and oxygen atoms in total. The number of nitrogens with zero attached hydrogens (tertiary/aromatic N) is 2. The lowest BCUT2D eigenvalue weighted by Gasteiger charge is -2.26. The summed E-state index contributed by atoms with van der Waals surface area (Å²) in [6, 6.07) is 5.97. The van der Waals surface area contributed by atoms with E-state index < -0.39 is 5.41 Å². The maximum Gasteiger partial charge on any atom is 0.237 e. The van der Waals surface area contributed by atoms with Crippen LogP contribution in [0.3, 0.4) is 0 Å². The van der Waals surface area contributed by atoms with Crippen LogP contribution in [-0.4, -0.2) is 51.4 Å². The van der Waals surface area contributed by atoms with Crippen molar-refractivity contribution in [1.82, 2.24) is 4.90 Å². The predicted molar refractivity (Wildman–Crippen MR) is 94.6 cm³/mol. The van der Waals surface area contributed by atoms with Gasteiger partial charge < -0.3 is 19.3 Å². The highest BCUT2D eigenvalue weighted by molar-refractivity contribution is 6.07. The van der Waals surface area contributed by atoms with Gasteiger partial charge in [-0.15, -0.1) is 0 Å². The van der Waals surface area contributed by atoms with Gasteiger partial charge in [-0.2, -0.15) is 0 Å². The highest BCUT2D eigenvalue weighted by atomic mass is 16.7. The van der Waals surface area contributed by atoms with Crippen LogP contribution in [0.1, 0.15) is 38.2 Å². The Balaban J connectivity index is 1.85. The molecule has 0 aromatic heterocycles. The molecule has 2 heterocycles. The first-order valence-electron chi connectivity index (χ1n) is 8.77. The van der Waals surface area contributed by atoms with E-state index in [-0.39, 0.29) is 12.2 Å². The number of benzene rings is 1. The Morgan fingerprint density at radius 3 is 2.83 bits per heavy atom. The highest BCUT2D eigenvalue weighted by Crippen LogP contribution is 2.45. The Hall–Kier alpha value is -1.59. The van der Waals surface area contributed by atoms with Crippen LogP contribution in [0, 0.1) is 0 Å². The van der Waals surface area contributed by atoms with E-state index in [4.69, 9.17) is 9.47 Å². The first kappa shape index (κ1) is 17.2. The molecule has 0 spiro atoms. The molecule has 132 valence electrons. The summed E-state index contributed by atoms with van der Waals surface area (Å²) >= 11 is 0. The fourth-order valence-corrected chi connectivity index (χ4v) is 3.56. The molecule has 0 bridgehead atoms. The second-order valence-corrected chi connectivity index (χ2v) is 7.34. The normalized spacial score (nSPS) is 26.8. The average Bonchev–Trinajstić information content (AvgIpc) is 2.76. The van der Waals surface area contributed by atoms with Crippen LogP contribution in [-0.2, 0) is 14.9 Å². The van der Waals surface area contributed by atoms with E-state index in [1.165, 1.54) is 0 Å². The van der Waals surface area contributed by atoms with Crippen molar-refractivity contribution < 1.29 is 14.3 Å². The van der Waals surface area contributed by atoms with Crippen LogP contribution in [0.25, 0.3) is 0 Å². The third kappa shape index (κ3) is 3.15. The Labute approximate surface area is 144 Å². The molecule has 0 aliphatic carbocycles. The van der Waals surface area contributed by atoms with Gasteiger partial charge in [-0.3, -0.25) is 4.79 Å². The van der Waals surface area contributed by atoms with E-state index >= 15 is 0 Å². The number of fused-ring (bicyclic) bond motifs is 1. The number of ether oxygens (including phenoxy) is 2. The third-order valence-electron chi connectivity index (χ3n) is 5.16. The summed E-state index contributed by atoms with van der Waals surface area (Å²) in [4.78, 5) is 16.7. The summed E-state index contributed by atoms with van der Waals surface area (Å²) in [7, 11) is 5.92. The number of anilines is 1. The fourth-order valence-electron chi connectivity index (χ4n) is 3.56. The number of rotatable bonds is 5. The summed E-state index contributed by atoms with van der Waals surface area (Å²) in [6.45, 7) is 3.67. The quantitative estimate of drug-likeness (QED) is 0.831. The number of hydrogen-bond donors (Lipinski definition) is 0. The van der Waals surface area contributed by atoms with Crippen molar-refractivity contribution >= 4 is 11.6 Å². The molecule has 0 radical (unpaired) electrons. The minimum absolute atomic E-state index is 0.158. The summed E-state index contributed by atoms with van der Waals surface area (Å²) in [5, 5.41) is 0. The van der Waals surface area contributed by atoms with Gasteiger partial charge >= 0.3 is 0 Å². The molecule has 1 amide bonds. The zero-order valence-corrected chi connectivity index (χ0v) is 15.2. The Bertz CT molecular complexity index is 611. The smallest absolute Gasteiger partial charge is 0.237 e. The van der Waals surface area contributed by atoms with E-state index in [9.17, 15) is 4.79 Å². The minimum atomic E-state index is -0.499. The van der Waals surface area contributed by atoms with Crippen molar-refractivity contribution in [3.8, 4) is 5.75 Å². The second kappa shape index (κ2) is 6.73. The first-order valence-corrected chi connectivity index (χ1v) is 8.77. The predicted octanol–water partition coefficient (Wildman–Crippen LogP) is 2.78. The molecule has 3 rings (SSSR count). The monoisotopic (exact) mass is 332 g/mol. The Morgan fingerprint density at radius 2 is 2.17 bits per heavy atom. The van der Waals surface area contributed by atoms with Crippen LogP contribution >= 0.6 is 0 Å². The van der Waals surface area contributed by atoms with Crippen molar-refractivity contribution in [3.63, 3.8) is 0 Å². The number of amides is 1. The molecule has 2 unspecified atom stereocenters. The molecule has 5 heteroatoms. The van der Waals surface area contributed by atoms with E-state index in [0.717, 1.165) is 55.8 Å². The molecule has 1 aromatic carbocycles. The van der Waals surface area contributed by atoms with Crippen LogP contribution in [0.4, 0.5) is 5.69 Å². The Morgan fingerprint density at radius 1 is 1.38 bits per heavy atom. The third-order valence-corrected chi connectivity index (χ3v) is 5.16. The number of carbonyl (C=O) groups excluding carboxylic acids is 1. The SMILES string of the molecule is CN(C)CCC1(C)C(=O)N(C)c2ccc(OC3CCCCO3)cc21. The molecule has 1 fully saturated rings. The molecule has 1 aromatic rings. The maximum atomic E-state index is 12.8. The summed E-state index contributed by atoms with van der Waals surface area (Å²) in [5.41, 5.74) is 1.55. The van der Waals surface area contributed by atoms with Gasteiger partial charge in [-0.25, -0.2) is 0 Å². The minimum Gasteiger partial charge on any atom is -0.465 e. The van der Waals surface area contributed by atoms with Gasteiger partial charge in [-0.05, 0) is 70.6 Å². The van der Waals surface area contributed by atoms with Gasteiger partial charge in [-0.1, -0.05) is 0 Å². The van der Waals surface area contributed by atoms with Crippen LogP contribution in [0.5, 0.6) is 5.75 Å². The standard InChI is InChI=1S/C19H28N2O3/c1-19(10-11-20(2)3)15-13-14(24-17-7-5-6-12-23-17)8-9-16(15)21(4)18(19)22/h8-9,13,17H,5-7,10-12H2,1-4H3. The van der Waals surface area contributed by atoms with Crippen molar-refractivity contribution in [3.05, 3.63) is 23.8 Å². The lowest BCUT2D eigenvalue weighted by Crippen LogP contribution is -2.38. The summed E-state index contributed by atoms with van der Waals surface area (Å²) in [5.74, 6) is 0.949. The lowest BCUT2D eigenvalue weighted by atomic mass is 9.80. The van der Waals surface area contributed by atoms with E-state index in [0.29, 0.717) is 0 Å². The second-order valence-electron chi connectivity index (χ2n) is 7.34. The molecule has 0 N–H and O–H groups in total. The number of likely N-dealkylation sites (N-methyl/N-ethyl adjacent to an activating group) is 1. The average molecular weight is 332 g/mol. The molecule has 2 aliphatic rings. The van der Waals surface area contributed by atoms with Gasteiger partial charge in [0, 0.05) is 19.2 Å². The van der Waals surface area contributed by atoms with E-state index in [1.807, 2.05) is 46.3 Å².